The zero-order valence-corrected chi connectivity index (χ0v) is 23.7. The Morgan fingerprint density at radius 3 is 2.08 bits per heavy atom. The Balaban J connectivity index is 2.02. The van der Waals surface area contributed by atoms with Crippen LogP contribution in [0, 0.1) is 27.7 Å². The Kier molecular flexibility index (Phi) is 8.95. The molecule has 37 heavy (non-hydrogen) atoms. The van der Waals surface area contributed by atoms with E-state index >= 15 is 0 Å². The molecular weight excluding hydrogens is 486 g/mol. The van der Waals surface area contributed by atoms with Crippen LogP contribution in [-0.4, -0.2) is 46.2 Å². The van der Waals surface area contributed by atoms with Crippen LogP contribution in [0.3, 0.4) is 0 Å². The average molecular weight is 526 g/mol. The molecule has 0 aliphatic heterocycles. The number of thiol groups is 1. The van der Waals surface area contributed by atoms with E-state index in [9.17, 15) is 14.4 Å². The minimum atomic E-state index is -0.944. The maximum absolute atomic E-state index is 14.0. The number of ether oxygens (including phenoxy) is 1. The van der Waals surface area contributed by atoms with Crippen molar-refractivity contribution >= 4 is 36.2 Å². The molecule has 3 amide bonds. The number of carbonyl (C=O) groups is 3. The number of hydrogen-bond acceptors (Lipinski definition) is 5. The van der Waals surface area contributed by atoms with Crippen LogP contribution in [0.5, 0.6) is 0 Å². The van der Waals surface area contributed by atoms with Crippen molar-refractivity contribution < 1.29 is 19.1 Å². The van der Waals surface area contributed by atoms with Crippen LogP contribution in [0.4, 0.5) is 10.5 Å². The minimum Gasteiger partial charge on any atom is -0.444 e. The molecule has 0 spiro atoms. The molecule has 3 rings (SSSR count). The molecule has 2 atom stereocenters. The summed E-state index contributed by atoms with van der Waals surface area (Å²) in [5.74, 6) is -0.582. The van der Waals surface area contributed by atoms with E-state index in [4.69, 9.17) is 4.74 Å². The molecule has 0 heterocycles. The summed E-state index contributed by atoms with van der Waals surface area (Å²) in [6.07, 6.45) is 0.879. The van der Waals surface area contributed by atoms with E-state index in [1.54, 1.807) is 25.7 Å². The first-order valence-electron chi connectivity index (χ1n) is 12.7. The van der Waals surface area contributed by atoms with Gasteiger partial charge in [0.1, 0.15) is 17.7 Å². The number of nitrogens with one attached hydrogen (secondary N) is 2. The fourth-order valence-corrected chi connectivity index (χ4v) is 4.74. The Morgan fingerprint density at radius 1 is 1.03 bits per heavy atom. The summed E-state index contributed by atoms with van der Waals surface area (Å²) in [7, 11) is 0. The number of amides is 3. The van der Waals surface area contributed by atoms with Gasteiger partial charge >= 0.3 is 6.09 Å². The number of rotatable bonds is 8. The molecule has 2 aromatic rings. The lowest BCUT2D eigenvalue weighted by Crippen LogP contribution is -2.54. The largest absolute Gasteiger partial charge is 0.444 e. The smallest absolute Gasteiger partial charge is 0.408 e. The molecule has 2 aromatic carbocycles. The van der Waals surface area contributed by atoms with Gasteiger partial charge in [0.25, 0.3) is 5.91 Å². The Hall–Kier alpha value is -3.00. The number of para-hydroxylation sites is 1. The van der Waals surface area contributed by atoms with Gasteiger partial charge in [-0.1, -0.05) is 47.5 Å². The molecule has 200 valence electrons. The normalized spacial score (nSPS) is 14.9. The van der Waals surface area contributed by atoms with Crippen molar-refractivity contribution in [3.8, 4) is 0 Å². The topological polar surface area (TPSA) is 87.7 Å². The standard InChI is InChI=1S/C29H39N3O4S/c1-17-13-18(2)15-21(14-17)25(26(33)31-24-19(3)9-8-10-20(24)4)32(22-11-12-22)27(34)23(16-37)30-28(35)36-29(5,6)7/h8-10,13-15,22-23,25,37H,11-12,16H2,1-7H3,(H,30,35)(H,31,33). The predicted octanol–water partition coefficient (Wildman–Crippen LogP) is 5.41. The van der Waals surface area contributed by atoms with E-state index in [0.717, 1.165) is 46.3 Å². The monoisotopic (exact) mass is 525 g/mol. The summed E-state index contributed by atoms with van der Waals surface area (Å²) >= 11 is 4.35. The number of alkyl carbamates (subject to hydrolysis) is 1. The Bertz CT molecular complexity index is 1130. The molecule has 1 saturated carbocycles. The summed E-state index contributed by atoms with van der Waals surface area (Å²) in [6.45, 7) is 13.1. The summed E-state index contributed by atoms with van der Waals surface area (Å²) < 4.78 is 5.37. The number of nitrogens with zero attached hydrogens (tertiary/aromatic N) is 1. The van der Waals surface area contributed by atoms with Crippen LogP contribution in [0.2, 0.25) is 0 Å². The zero-order chi connectivity index (χ0) is 27.5. The minimum absolute atomic E-state index is 0.0688. The third kappa shape index (κ3) is 7.51. The van der Waals surface area contributed by atoms with E-state index in [1.807, 2.05) is 64.1 Å². The highest BCUT2D eigenvalue weighted by Gasteiger charge is 2.44. The maximum Gasteiger partial charge on any atom is 0.408 e. The molecule has 0 radical (unpaired) electrons. The van der Waals surface area contributed by atoms with E-state index in [2.05, 4.69) is 23.3 Å². The van der Waals surface area contributed by atoms with Gasteiger partial charge in [-0.25, -0.2) is 4.79 Å². The summed E-state index contributed by atoms with van der Waals surface area (Å²) in [6, 6.07) is 9.84. The van der Waals surface area contributed by atoms with Gasteiger partial charge in [0.05, 0.1) is 0 Å². The first kappa shape index (κ1) is 28.6. The second kappa shape index (κ2) is 11.6. The van der Waals surface area contributed by atoms with E-state index in [1.165, 1.54) is 0 Å². The van der Waals surface area contributed by atoms with Crippen LogP contribution in [0.15, 0.2) is 36.4 Å². The molecule has 1 aliphatic rings. The molecule has 1 fully saturated rings. The van der Waals surface area contributed by atoms with Gasteiger partial charge in [0.2, 0.25) is 5.91 Å². The van der Waals surface area contributed by atoms with E-state index < -0.39 is 23.8 Å². The summed E-state index contributed by atoms with van der Waals surface area (Å²) in [4.78, 5) is 42.1. The molecule has 0 aromatic heterocycles. The predicted molar refractivity (Wildman–Crippen MR) is 150 cm³/mol. The van der Waals surface area contributed by atoms with Gasteiger partial charge < -0.3 is 20.3 Å². The van der Waals surface area contributed by atoms with E-state index in [-0.39, 0.29) is 23.6 Å². The maximum atomic E-state index is 14.0. The van der Waals surface area contributed by atoms with Crippen molar-refractivity contribution in [1.29, 1.82) is 0 Å². The van der Waals surface area contributed by atoms with E-state index in [0.29, 0.717) is 0 Å². The Labute approximate surface area is 225 Å². The first-order chi connectivity index (χ1) is 17.3. The third-order valence-electron chi connectivity index (χ3n) is 6.18. The highest BCUT2D eigenvalue weighted by atomic mass is 32.1. The average Bonchev–Trinajstić information content (AvgIpc) is 3.61. The van der Waals surface area contributed by atoms with Gasteiger partial charge in [-0.3, -0.25) is 9.59 Å². The lowest BCUT2D eigenvalue weighted by atomic mass is 9.98. The van der Waals surface area contributed by atoms with Crippen molar-refractivity contribution in [2.24, 2.45) is 0 Å². The number of aryl methyl sites for hydroxylation is 4. The lowest BCUT2D eigenvalue weighted by molar-refractivity contribution is -0.141. The molecule has 0 bridgehead atoms. The molecule has 7 nitrogen and oxygen atoms in total. The van der Waals surface area contributed by atoms with Crippen molar-refractivity contribution in [3.05, 3.63) is 64.2 Å². The van der Waals surface area contributed by atoms with Crippen molar-refractivity contribution in [3.63, 3.8) is 0 Å². The molecule has 1 aliphatic carbocycles. The van der Waals surface area contributed by atoms with Gasteiger partial charge in [-0.05, 0) is 78.0 Å². The van der Waals surface area contributed by atoms with Gasteiger partial charge in [-0.15, -0.1) is 0 Å². The summed E-state index contributed by atoms with van der Waals surface area (Å²) in [5.41, 5.74) is 4.64. The highest BCUT2D eigenvalue weighted by molar-refractivity contribution is 7.80. The van der Waals surface area contributed by atoms with Crippen molar-refractivity contribution in [1.82, 2.24) is 10.2 Å². The van der Waals surface area contributed by atoms with Crippen LogP contribution in [-0.2, 0) is 14.3 Å². The Morgan fingerprint density at radius 2 is 1.59 bits per heavy atom. The number of benzene rings is 2. The zero-order valence-electron chi connectivity index (χ0n) is 22.8. The molecule has 2 unspecified atom stereocenters. The van der Waals surface area contributed by atoms with Crippen LogP contribution in [0.25, 0.3) is 0 Å². The molecular formula is C29H39N3O4S. The van der Waals surface area contributed by atoms with Gasteiger partial charge in [0, 0.05) is 17.5 Å². The van der Waals surface area contributed by atoms with Gasteiger partial charge in [-0.2, -0.15) is 12.6 Å². The van der Waals surface area contributed by atoms with Crippen molar-refractivity contribution in [2.45, 2.75) is 85.0 Å². The third-order valence-corrected chi connectivity index (χ3v) is 6.55. The number of hydrogen-bond donors (Lipinski definition) is 3. The second-order valence-corrected chi connectivity index (χ2v) is 11.3. The SMILES string of the molecule is Cc1cc(C)cc(C(C(=O)Nc2c(C)cccc2C)N(C(=O)C(CS)NC(=O)OC(C)(C)C)C2CC2)c1. The van der Waals surface area contributed by atoms with Crippen molar-refractivity contribution in [2.75, 3.05) is 11.1 Å². The van der Waals surface area contributed by atoms with Gasteiger partial charge in [0.15, 0.2) is 0 Å². The van der Waals surface area contributed by atoms with Crippen LogP contribution < -0.4 is 10.6 Å². The molecule has 2 N–H and O–H groups in total. The van der Waals surface area contributed by atoms with Crippen LogP contribution >= 0.6 is 12.6 Å². The molecule has 0 saturated heterocycles. The lowest BCUT2D eigenvalue weighted by Gasteiger charge is -2.35. The fraction of sp³-hybridized carbons (Fsp3) is 0.483. The van der Waals surface area contributed by atoms with Crippen LogP contribution in [0.1, 0.15) is 67.5 Å². The number of anilines is 1. The quantitative estimate of drug-likeness (QED) is 0.402. The highest BCUT2D eigenvalue weighted by Crippen LogP contribution is 2.37. The fourth-order valence-electron chi connectivity index (χ4n) is 4.50. The first-order valence-corrected chi connectivity index (χ1v) is 13.3. The second-order valence-electron chi connectivity index (χ2n) is 10.9. The molecule has 8 heteroatoms. The number of carbonyl (C=O) groups excluding carboxylic acids is 3. The summed E-state index contributed by atoms with van der Waals surface area (Å²) in [5, 5.41) is 5.76.